The number of fused-ring (bicyclic) bond motifs is 4. The molecule has 3 N–H and O–H groups in total. The Morgan fingerprint density at radius 1 is 0.897 bits per heavy atom. The van der Waals surface area contributed by atoms with Gasteiger partial charge >= 0.3 is 5.97 Å². The lowest BCUT2D eigenvalue weighted by Crippen LogP contribution is -2.47. The average Bonchev–Trinajstić information content (AvgIpc) is 3.49. The molecule has 2 aliphatic heterocycles. The van der Waals surface area contributed by atoms with Gasteiger partial charge in [-0.25, -0.2) is 13.7 Å². The Bertz CT molecular complexity index is 2710. The van der Waals surface area contributed by atoms with E-state index in [4.69, 9.17) is 0 Å². The predicted molar refractivity (Wildman–Crippen MR) is 223 cm³/mol. The van der Waals surface area contributed by atoms with Gasteiger partial charge in [0.15, 0.2) is 6.54 Å². The Balaban J connectivity index is 1.47. The lowest BCUT2D eigenvalue weighted by molar-refractivity contribution is -0.673. The lowest BCUT2D eigenvalue weighted by Gasteiger charge is -2.45. The quantitative estimate of drug-likeness (QED) is 0.0993. The molecule has 308 valence electrons. The van der Waals surface area contributed by atoms with Gasteiger partial charge in [0, 0.05) is 53.2 Å². The molecule has 3 heterocycles. The topological polar surface area (TPSA) is 161 Å². The summed E-state index contributed by atoms with van der Waals surface area (Å²) in [6.45, 7) is 13.5. The molecule has 3 aromatic carbocycles. The minimum Gasteiger partial charge on any atom is -0.481 e. The number of allylic oxidation sites excluding steroid dienone is 1. The molecule has 0 fully saturated rings. The number of aliphatic carboxylic acids is 1. The van der Waals surface area contributed by atoms with Gasteiger partial charge < -0.3 is 10.0 Å². The molecular formula is C44H54N4O8S2+2. The Labute approximate surface area is 341 Å². The summed E-state index contributed by atoms with van der Waals surface area (Å²) in [5.41, 5.74) is 9.11. The molecule has 58 heavy (non-hydrogen) atoms. The van der Waals surface area contributed by atoms with Gasteiger partial charge in [-0.05, 0) is 104 Å². The first kappa shape index (κ1) is 41.5. The smallest absolute Gasteiger partial charge is 0.303 e. The summed E-state index contributed by atoms with van der Waals surface area (Å²) in [7, 11) is -6.35. The van der Waals surface area contributed by atoms with Crippen LogP contribution in [0.4, 0.5) is 5.69 Å². The van der Waals surface area contributed by atoms with Crippen LogP contribution in [0.5, 0.6) is 0 Å². The molecule has 7 rings (SSSR count). The van der Waals surface area contributed by atoms with Gasteiger partial charge in [0.2, 0.25) is 5.36 Å². The van der Waals surface area contributed by atoms with Crippen LogP contribution in [-0.4, -0.2) is 66.0 Å². The summed E-state index contributed by atoms with van der Waals surface area (Å²) >= 11 is 0. The number of benzene rings is 3. The van der Waals surface area contributed by atoms with Crippen molar-refractivity contribution in [1.29, 1.82) is 0 Å². The average molecular weight is 831 g/mol. The number of carbonyl (C=O) groups is 1. The van der Waals surface area contributed by atoms with E-state index < -0.39 is 31.6 Å². The first-order valence-electron chi connectivity index (χ1n) is 19.9. The van der Waals surface area contributed by atoms with E-state index in [9.17, 15) is 35.8 Å². The molecule has 4 aromatic rings. The van der Waals surface area contributed by atoms with Crippen LogP contribution in [0, 0.1) is 0 Å². The second-order valence-electron chi connectivity index (χ2n) is 17.1. The molecule has 0 saturated carbocycles. The second kappa shape index (κ2) is 15.2. The van der Waals surface area contributed by atoms with Crippen molar-refractivity contribution in [3.8, 4) is 0 Å². The third-order valence-electron chi connectivity index (χ3n) is 12.2. The van der Waals surface area contributed by atoms with Crippen molar-refractivity contribution in [2.24, 2.45) is 7.05 Å². The van der Waals surface area contributed by atoms with Crippen LogP contribution in [0.3, 0.4) is 0 Å². The maximum absolute atomic E-state index is 11.7. The first-order valence-corrected chi connectivity index (χ1v) is 23.0. The van der Waals surface area contributed by atoms with Crippen molar-refractivity contribution in [3.63, 3.8) is 0 Å². The van der Waals surface area contributed by atoms with Gasteiger partial charge in [-0.3, -0.25) is 13.9 Å². The summed E-state index contributed by atoms with van der Waals surface area (Å²) in [5, 5.41) is 11.8. The number of imidazole rings is 1. The molecule has 12 nitrogen and oxygen atoms in total. The number of hydrogen-bond donors (Lipinski definition) is 3. The van der Waals surface area contributed by atoms with Crippen LogP contribution in [0.1, 0.15) is 106 Å². The van der Waals surface area contributed by atoms with Crippen LogP contribution in [-0.2, 0) is 57.0 Å². The number of hydrogen-bond acceptors (Lipinski definition) is 6. The zero-order valence-electron chi connectivity index (χ0n) is 34.1. The van der Waals surface area contributed by atoms with Gasteiger partial charge in [-0.1, -0.05) is 32.1 Å². The minimum absolute atomic E-state index is 0.0797. The number of aromatic nitrogens is 2. The molecule has 1 aliphatic carbocycles. The Morgan fingerprint density at radius 3 is 2.29 bits per heavy atom. The fourth-order valence-corrected chi connectivity index (χ4v) is 10.4. The zero-order valence-corrected chi connectivity index (χ0v) is 35.8. The predicted octanol–water partition coefficient (Wildman–Crippen LogP) is 4.62. The monoisotopic (exact) mass is 830 g/mol. The molecule has 3 aliphatic rings. The summed E-state index contributed by atoms with van der Waals surface area (Å²) in [5.74, 6) is -0.130. The molecule has 0 amide bonds. The molecule has 1 aromatic heterocycles. The molecule has 14 heteroatoms. The SMILES string of the molecule is CC1=CC(C)(C)N(CCCC(=O)O)c2cc3c(cc21)C(c1n(CCCCS(=O)(=O)O)cc[n+]1C)=c1cc2c(cc1C3(C)C)=[N+](Cc1ccc(S(=O)(=O)O)cc1)CCC2. The van der Waals surface area contributed by atoms with E-state index in [1.54, 1.807) is 12.1 Å². The normalized spacial score (nSPS) is 17.0. The van der Waals surface area contributed by atoms with Crippen molar-refractivity contribution in [1.82, 2.24) is 9.14 Å². The fourth-order valence-electron chi connectivity index (χ4n) is 9.35. The van der Waals surface area contributed by atoms with Crippen LogP contribution in [0.2, 0.25) is 0 Å². The fraction of sp³-hybridized carbons (Fsp3) is 0.432. The number of rotatable bonds is 13. The van der Waals surface area contributed by atoms with Gasteiger partial charge in [-0.2, -0.15) is 16.8 Å². The van der Waals surface area contributed by atoms with E-state index in [0.717, 1.165) is 80.4 Å². The van der Waals surface area contributed by atoms with Crippen molar-refractivity contribution < 1.29 is 40.4 Å². The summed E-state index contributed by atoms with van der Waals surface area (Å²) in [6.07, 6.45) is 9.60. The van der Waals surface area contributed by atoms with Gasteiger partial charge in [0.05, 0.1) is 35.4 Å². The number of aryl methyl sites for hydroxylation is 3. The van der Waals surface area contributed by atoms with Crippen LogP contribution < -0.4 is 24.6 Å². The number of carboxylic acid groups (broad SMARTS) is 1. The van der Waals surface area contributed by atoms with E-state index in [2.05, 4.69) is 83.6 Å². The maximum atomic E-state index is 11.7. The lowest BCUT2D eigenvalue weighted by atomic mass is 9.68. The second-order valence-corrected chi connectivity index (χ2v) is 20.1. The number of anilines is 1. The third kappa shape index (κ3) is 8.03. The molecular weight excluding hydrogens is 777 g/mol. The summed E-state index contributed by atoms with van der Waals surface area (Å²) in [4.78, 5) is 13.8. The third-order valence-corrected chi connectivity index (χ3v) is 13.8. The first-order chi connectivity index (χ1) is 27.2. The highest BCUT2D eigenvalue weighted by molar-refractivity contribution is 7.86. The van der Waals surface area contributed by atoms with Crippen molar-refractivity contribution in [3.05, 3.63) is 117 Å². The number of carboxylic acids is 1. The van der Waals surface area contributed by atoms with Crippen molar-refractivity contribution >= 4 is 43.0 Å². The highest BCUT2D eigenvalue weighted by atomic mass is 32.2. The molecule has 0 spiro atoms. The standard InChI is InChI=1S/C44H52N4O8S2/c1-29-27-43(2,3)48(19-10-12-40(49)50)39-26-37-35(24-33(29)39)41(42-45(6)20-21-46(42)17-7-8-22-57(51,52)53)34-23-31-11-9-18-47(38(31)25-36(34)44(37,4)5)28-30-13-15-32(16-14-30)58(54,55)56/h13-16,20-21,23-27H,7-12,17-19,22,28H2,1-6H3,(H-2,49,50,51,52,53,54,55,56)/p+2. The molecule has 0 saturated heterocycles. The molecule has 0 bridgehead atoms. The van der Waals surface area contributed by atoms with Gasteiger partial charge in [0.25, 0.3) is 26.1 Å². The van der Waals surface area contributed by atoms with E-state index in [1.165, 1.54) is 17.7 Å². The van der Waals surface area contributed by atoms with Gasteiger partial charge in [-0.15, -0.1) is 0 Å². The number of unbranched alkanes of at least 4 members (excludes halogenated alkanes) is 1. The molecule has 0 unspecified atom stereocenters. The molecule has 0 radical (unpaired) electrons. The van der Waals surface area contributed by atoms with Crippen LogP contribution >= 0.6 is 0 Å². The molecule has 0 atom stereocenters. The Hall–Kier alpha value is -4.63. The van der Waals surface area contributed by atoms with E-state index >= 15 is 0 Å². The van der Waals surface area contributed by atoms with E-state index in [1.807, 2.05) is 19.4 Å². The minimum atomic E-state index is -4.30. The van der Waals surface area contributed by atoms with E-state index in [-0.39, 0.29) is 22.6 Å². The Kier molecular flexibility index (Phi) is 10.9. The summed E-state index contributed by atoms with van der Waals surface area (Å²) < 4.78 is 72.2. The highest BCUT2D eigenvalue weighted by Crippen LogP contribution is 2.47. The number of nitrogens with zero attached hydrogens (tertiary/aromatic N) is 4. The maximum Gasteiger partial charge on any atom is 0.303 e. The van der Waals surface area contributed by atoms with E-state index in [0.29, 0.717) is 38.9 Å². The van der Waals surface area contributed by atoms with Crippen LogP contribution in [0.15, 0.2) is 71.9 Å². The van der Waals surface area contributed by atoms with Crippen LogP contribution in [0.25, 0.3) is 11.1 Å². The highest BCUT2D eigenvalue weighted by Gasteiger charge is 2.41. The zero-order chi connectivity index (χ0) is 41.9. The largest absolute Gasteiger partial charge is 0.481 e. The van der Waals surface area contributed by atoms with Gasteiger partial charge in [0.1, 0.15) is 18.9 Å². The Morgan fingerprint density at radius 2 is 1.62 bits per heavy atom. The summed E-state index contributed by atoms with van der Waals surface area (Å²) in [6, 6.07) is 15.7. The van der Waals surface area contributed by atoms with Crippen molar-refractivity contribution in [2.45, 2.75) is 102 Å². The van der Waals surface area contributed by atoms with Crippen molar-refractivity contribution in [2.75, 3.05) is 23.7 Å².